The molecule has 1 aliphatic rings. The minimum absolute atomic E-state index is 0.0830. The molecule has 314 valence electrons. The Kier molecular flexibility index (Phi) is 8.55. The third-order valence-electron chi connectivity index (χ3n) is 13.8. The predicted molar refractivity (Wildman–Crippen MR) is 283 cm³/mol. The summed E-state index contributed by atoms with van der Waals surface area (Å²) in [6.07, 6.45) is 9.77. The van der Waals surface area contributed by atoms with Crippen molar-refractivity contribution in [2.24, 2.45) is 0 Å². The van der Waals surface area contributed by atoms with E-state index in [4.69, 9.17) is 9.97 Å². The van der Waals surface area contributed by atoms with Crippen molar-refractivity contribution in [3.05, 3.63) is 230 Å². The first-order chi connectivity index (χ1) is 33.3. The van der Waals surface area contributed by atoms with Gasteiger partial charge in [0.1, 0.15) is 0 Å². The van der Waals surface area contributed by atoms with Crippen LogP contribution in [0.5, 0.6) is 0 Å². The monoisotopic (exact) mass is 872 g/mol. The topological polar surface area (TPSA) is 35.6 Å². The number of benzene rings is 9. The minimum atomic E-state index is 0.0830. The molecule has 0 amide bonds. The van der Waals surface area contributed by atoms with Gasteiger partial charge in [0, 0.05) is 64.6 Å². The second-order valence-electron chi connectivity index (χ2n) is 17.6. The van der Waals surface area contributed by atoms with Gasteiger partial charge in [-0.15, -0.1) is 11.3 Å². The van der Waals surface area contributed by atoms with Crippen LogP contribution in [0.4, 0.5) is 0 Å². The van der Waals surface area contributed by atoms with E-state index in [0.29, 0.717) is 5.95 Å². The summed E-state index contributed by atoms with van der Waals surface area (Å²) in [6, 6.07) is 72.7. The number of rotatable bonds is 6. The number of hydrogen-bond acceptors (Lipinski definition) is 3. The normalized spacial score (nSPS) is 13.9. The highest BCUT2D eigenvalue weighted by Crippen LogP contribution is 2.49. The van der Waals surface area contributed by atoms with Crippen LogP contribution in [0.2, 0.25) is 0 Å². The fourth-order valence-corrected chi connectivity index (χ4v) is 12.3. The lowest BCUT2D eigenvalue weighted by Gasteiger charge is -2.18. The summed E-state index contributed by atoms with van der Waals surface area (Å²) in [5, 5.41) is 9.62. The Balaban J connectivity index is 1.05. The van der Waals surface area contributed by atoms with Crippen LogP contribution in [0.25, 0.3) is 120 Å². The van der Waals surface area contributed by atoms with Crippen LogP contribution in [0.1, 0.15) is 18.0 Å². The molecule has 0 radical (unpaired) electrons. The van der Waals surface area contributed by atoms with Gasteiger partial charge >= 0.3 is 0 Å². The zero-order valence-corrected chi connectivity index (χ0v) is 37.2. The van der Waals surface area contributed by atoms with Crippen molar-refractivity contribution in [1.82, 2.24) is 19.1 Å². The van der Waals surface area contributed by atoms with Crippen LogP contribution < -0.4 is 0 Å². The molecule has 13 aromatic rings. The number of fused-ring (bicyclic) bond motifs is 11. The van der Waals surface area contributed by atoms with Crippen molar-refractivity contribution in [3.63, 3.8) is 0 Å². The predicted octanol–water partition coefficient (Wildman–Crippen LogP) is 16.8. The molecule has 0 N–H and O–H groups in total. The molecule has 0 fully saturated rings. The Labute approximate surface area is 390 Å². The van der Waals surface area contributed by atoms with Crippen molar-refractivity contribution in [2.75, 3.05) is 0 Å². The third-order valence-corrected chi connectivity index (χ3v) is 15.1. The van der Waals surface area contributed by atoms with Crippen LogP contribution in [-0.4, -0.2) is 19.1 Å². The van der Waals surface area contributed by atoms with Gasteiger partial charge in [-0.3, -0.25) is 4.57 Å². The highest BCUT2D eigenvalue weighted by atomic mass is 32.1. The number of hydrogen-bond donors (Lipinski definition) is 0. The number of aromatic nitrogens is 4. The van der Waals surface area contributed by atoms with E-state index in [1.54, 1.807) is 0 Å². The van der Waals surface area contributed by atoms with Gasteiger partial charge in [-0.05, 0) is 76.3 Å². The molecule has 1 unspecified atom stereocenters. The second-order valence-corrected chi connectivity index (χ2v) is 18.6. The lowest BCUT2D eigenvalue weighted by Crippen LogP contribution is -2.08. The molecule has 1 atom stereocenters. The molecule has 0 aliphatic heterocycles. The molecule has 0 spiro atoms. The summed E-state index contributed by atoms with van der Waals surface area (Å²) in [6.45, 7) is 0. The van der Waals surface area contributed by atoms with Crippen molar-refractivity contribution in [3.8, 4) is 44.3 Å². The highest BCUT2D eigenvalue weighted by molar-refractivity contribution is 7.24. The summed E-state index contributed by atoms with van der Waals surface area (Å²) in [5.41, 5.74) is 13.7. The summed E-state index contributed by atoms with van der Waals surface area (Å²) in [7, 11) is 0. The Morgan fingerprint density at radius 1 is 0.478 bits per heavy atom. The molecule has 0 saturated carbocycles. The van der Waals surface area contributed by atoms with Gasteiger partial charge in [-0.1, -0.05) is 182 Å². The summed E-state index contributed by atoms with van der Waals surface area (Å²) < 4.78 is 5.97. The first kappa shape index (κ1) is 37.9. The highest BCUT2D eigenvalue weighted by Gasteiger charge is 2.26. The van der Waals surface area contributed by atoms with E-state index in [2.05, 4.69) is 234 Å². The first-order valence-electron chi connectivity index (χ1n) is 23.0. The number of thiophene rings is 1. The van der Waals surface area contributed by atoms with E-state index in [1.807, 2.05) is 11.3 Å². The van der Waals surface area contributed by atoms with E-state index in [1.165, 1.54) is 80.6 Å². The van der Waals surface area contributed by atoms with Crippen LogP contribution in [0.3, 0.4) is 0 Å². The molecular weight excluding hydrogens is 833 g/mol. The Morgan fingerprint density at radius 3 is 2.01 bits per heavy atom. The SMILES string of the molecule is C1=CCC(c2nc(-n3c4ccc(-c5cccc6c7ccccc7n(-c7ccccc7)c56)cc4c4c5ccccc5ccc43)nc3ccc4c(-c5ccccc5)c(-c5ccccc5)sc4c23)C=C1. The van der Waals surface area contributed by atoms with Gasteiger partial charge < -0.3 is 4.57 Å². The molecule has 4 aromatic heterocycles. The van der Waals surface area contributed by atoms with Gasteiger partial charge in [0.15, 0.2) is 0 Å². The second kappa shape index (κ2) is 15.1. The molecule has 0 saturated heterocycles. The smallest absolute Gasteiger partial charge is 0.235 e. The van der Waals surface area contributed by atoms with Crippen molar-refractivity contribution in [1.29, 1.82) is 0 Å². The maximum Gasteiger partial charge on any atom is 0.235 e. The molecule has 67 heavy (non-hydrogen) atoms. The lowest BCUT2D eigenvalue weighted by molar-refractivity contribution is 0.811. The zero-order valence-electron chi connectivity index (χ0n) is 36.3. The molecule has 14 rings (SSSR count). The van der Waals surface area contributed by atoms with E-state index in [-0.39, 0.29) is 5.92 Å². The first-order valence-corrected chi connectivity index (χ1v) is 23.8. The molecule has 4 heterocycles. The Bertz CT molecular complexity index is 4170. The average Bonchev–Trinajstić information content (AvgIpc) is 4.08. The standard InChI is InChI=1S/C62H40N4S/c1-5-19-40(20-6-1)55-49-34-35-51-57(61(49)67-60(55)42-23-9-3-10-24-42)58(41-21-7-2-8-22-41)64-62(63-51)66-53-36-33-43(38-50(53)56-45-27-14-13-18-39(45)32-37-54(56)66)46-29-17-30-48-47-28-15-16-31-52(47)65(59(46)48)44-25-11-4-12-26-44/h1-21,23-38,41H,22H2. The maximum absolute atomic E-state index is 5.74. The Hall–Kier alpha value is -8.38. The largest absolute Gasteiger partial charge is 0.309 e. The quantitative estimate of drug-likeness (QED) is 0.167. The molecular formula is C62H40N4S. The van der Waals surface area contributed by atoms with E-state index in [0.717, 1.165) is 45.3 Å². The Morgan fingerprint density at radius 2 is 1.19 bits per heavy atom. The molecule has 4 nitrogen and oxygen atoms in total. The fourth-order valence-electron chi connectivity index (χ4n) is 10.9. The molecule has 5 heteroatoms. The fraction of sp³-hybridized carbons (Fsp3) is 0.0323. The van der Waals surface area contributed by atoms with Crippen LogP contribution in [0, 0.1) is 0 Å². The molecule has 1 aliphatic carbocycles. The molecule has 0 bridgehead atoms. The van der Waals surface area contributed by atoms with Gasteiger partial charge in [0.2, 0.25) is 5.95 Å². The summed E-state index contributed by atoms with van der Waals surface area (Å²) in [4.78, 5) is 12.6. The zero-order chi connectivity index (χ0) is 44.0. The van der Waals surface area contributed by atoms with Gasteiger partial charge in [-0.2, -0.15) is 0 Å². The average molecular weight is 873 g/mol. The third kappa shape index (κ3) is 5.85. The summed E-state index contributed by atoms with van der Waals surface area (Å²) >= 11 is 1.86. The minimum Gasteiger partial charge on any atom is -0.309 e. The number of allylic oxidation sites excluding steroid dienone is 4. The van der Waals surface area contributed by atoms with Gasteiger partial charge in [-0.25, -0.2) is 9.97 Å². The van der Waals surface area contributed by atoms with Crippen molar-refractivity contribution >= 4 is 86.7 Å². The summed E-state index contributed by atoms with van der Waals surface area (Å²) in [5.74, 6) is 0.766. The van der Waals surface area contributed by atoms with Gasteiger partial charge in [0.05, 0.1) is 33.3 Å². The maximum atomic E-state index is 5.74. The van der Waals surface area contributed by atoms with E-state index >= 15 is 0 Å². The number of para-hydroxylation sites is 3. The molecule has 9 aromatic carbocycles. The van der Waals surface area contributed by atoms with Crippen LogP contribution in [0.15, 0.2) is 224 Å². The van der Waals surface area contributed by atoms with Crippen LogP contribution in [-0.2, 0) is 0 Å². The van der Waals surface area contributed by atoms with Crippen molar-refractivity contribution < 1.29 is 0 Å². The number of nitrogens with zero attached hydrogens (tertiary/aromatic N) is 4. The lowest BCUT2D eigenvalue weighted by atomic mass is 9.92. The van der Waals surface area contributed by atoms with Crippen LogP contribution >= 0.6 is 11.3 Å². The van der Waals surface area contributed by atoms with E-state index < -0.39 is 0 Å². The van der Waals surface area contributed by atoms with Gasteiger partial charge in [0.25, 0.3) is 0 Å². The van der Waals surface area contributed by atoms with E-state index in [9.17, 15) is 0 Å². The van der Waals surface area contributed by atoms with Crippen molar-refractivity contribution in [2.45, 2.75) is 12.3 Å².